The van der Waals surface area contributed by atoms with E-state index >= 15 is 0 Å². The van der Waals surface area contributed by atoms with E-state index in [1.807, 2.05) is 0 Å². The van der Waals surface area contributed by atoms with Gasteiger partial charge >= 0.3 is 22.8 Å². The fraction of sp³-hybridized carbons (Fsp3) is 1.00. The Morgan fingerprint density at radius 3 is 1.13 bits per heavy atom. The molecule has 0 fully saturated rings. The number of hydrogen-bond acceptors (Lipinski definition) is 7. The highest BCUT2D eigenvalue weighted by atomic mass is 31.3. The molecular weight excluding hydrogens is 265 g/mol. The van der Waals surface area contributed by atoms with E-state index in [4.69, 9.17) is 0 Å². The molecule has 0 aliphatic heterocycles. The summed E-state index contributed by atoms with van der Waals surface area (Å²) in [7, 11) is -8.37. The van der Waals surface area contributed by atoms with Crippen LogP contribution in [0.1, 0.15) is 0 Å². The first-order valence-electron chi connectivity index (χ1n) is 3.80. The summed E-state index contributed by atoms with van der Waals surface area (Å²) in [6.07, 6.45) is 0. The Kier molecular flexibility index (Phi) is 5.43. The first-order valence-corrected chi connectivity index (χ1v) is 9.77. The highest BCUT2D eigenvalue weighted by molar-refractivity contribution is 7.71. The van der Waals surface area contributed by atoms with Crippen molar-refractivity contribution in [1.29, 1.82) is 0 Å². The summed E-state index contributed by atoms with van der Waals surface area (Å²) in [4.78, 5) is 0. The fourth-order valence-corrected chi connectivity index (χ4v) is 5.85. The normalized spacial score (nSPS) is 23.8. The van der Waals surface area contributed by atoms with E-state index in [2.05, 4.69) is 17.7 Å². The maximum atomic E-state index is 11.6. The van der Waals surface area contributed by atoms with Crippen LogP contribution < -0.4 is 0 Å². The smallest absolute Gasteiger partial charge is 0.312 e. The second kappa shape index (κ2) is 5.24. The Bertz CT molecular complexity index is 321. The standard InChI is InChI=1S/C5H15O7P3/c1-9-13(3,6)11-15(5,8)12-14(4,7)10-2/h1-5H3. The van der Waals surface area contributed by atoms with E-state index in [1.165, 1.54) is 0 Å². The monoisotopic (exact) mass is 280 g/mol. The molecule has 0 rings (SSSR count). The first kappa shape index (κ1) is 15.5. The van der Waals surface area contributed by atoms with Crippen LogP contribution >= 0.6 is 22.8 Å². The topological polar surface area (TPSA) is 88.1 Å². The summed E-state index contributed by atoms with van der Waals surface area (Å²) in [6, 6.07) is 0. The molecule has 0 saturated heterocycles. The molecule has 0 aliphatic rings. The quantitative estimate of drug-likeness (QED) is 0.691. The molecule has 0 aromatic carbocycles. The minimum absolute atomic E-state index is 1.04. The van der Waals surface area contributed by atoms with Gasteiger partial charge in [-0.25, -0.2) is 8.62 Å². The summed E-state index contributed by atoms with van der Waals surface area (Å²) in [5.41, 5.74) is 0. The van der Waals surface area contributed by atoms with Crippen LogP contribution in [0.3, 0.4) is 0 Å². The lowest BCUT2D eigenvalue weighted by Gasteiger charge is -2.20. The Morgan fingerprint density at radius 1 is 0.667 bits per heavy atom. The predicted molar refractivity (Wildman–Crippen MR) is 56.8 cm³/mol. The van der Waals surface area contributed by atoms with Gasteiger partial charge in [-0.3, -0.25) is 13.7 Å². The molecule has 10 heteroatoms. The Labute approximate surface area is 89.0 Å². The first-order chi connectivity index (χ1) is 6.54. The Balaban J connectivity index is 4.66. The third-order valence-corrected chi connectivity index (χ3v) is 7.33. The van der Waals surface area contributed by atoms with Crippen molar-refractivity contribution < 1.29 is 31.4 Å². The fourth-order valence-electron chi connectivity index (χ4n) is 0.620. The maximum Gasteiger partial charge on any atom is 0.341 e. The van der Waals surface area contributed by atoms with Gasteiger partial charge in [0.05, 0.1) is 0 Å². The van der Waals surface area contributed by atoms with E-state index < -0.39 is 22.8 Å². The van der Waals surface area contributed by atoms with Gasteiger partial charge in [-0.2, -0.15) is 0 Å². The molecule has 0 amide bonds. The van der Waals surface area contributed by atoms with Crippen LogP contribution in [0.5, 0.6) is 0 Å². The van der Waals surface area contributed by atoms with Crippen molar-refractivity contribution in [2.45, 2.75) is 0 Å². The van der Waals surface area contributed by atoms with Gasteiger partial charge in [0, 0.05) is 34.2 Å². The summed E-state index contributed by atoms with van der Waals surface area (Å²) in [5.74, 6) is 0. The lowest BCUT2D eigenvalue weighted by atomic mass is 11.8. The number of hydrogen-bond donors (Lipinski definition) is 0. The Hall–Kier alpha value is 0.530. The second-order valence-corrected chi connectivity index (χ2v) is 9.51. The average molecular weight is 280 g/mol. The summed E-state index contributed by atoms with van der Waals surface area (Å²) >= 11 is 0. The second-order valence-electron chi connectivity index (χ2n) is 2.84. The van der Waals surface area contributed by atoms with E-state index in [0.717, 1.165) is 34.2 Å². The highest BCUT2D eigenvalue weighted by Gasteiger charge is 2.34. The van der Waals surface area contributed by atoms with Crippen LogP contribution in [0.2, 0.25) is 0 Å². The Morgan fingerprint density at radius 2 is 0.933 bits per heavy atom. The van der Waals surface area contributed by atoms with Crippen LogP contribution in [-0.2, 0) is 31.4 Å². The molecule has 0 radical (unpaired) electrons. The van der Waals surface area contributed by atoms with Gasteiger partial charge in [0.15, 0.2) is 0 Å². The van der Waals surface area contributed by atoms with Crippen LogP contribution in [-0.4, -0.2) is 34.2 Å². The van der Waals surface area contributed by atoms with Crippen LogP contribution in [0.15, 0.2) is 0 Å². The van der Waals surface area contributed by atoms with E-state index in [-0.39, 0.29) is 0 Å². The van der Waals surface area contributed by atoms with Crippen molar-refractivity contribution in [3.05, 3.63) is 0 Å². The van der Waals surface area contributed by atoms with Crippen LogP contribution in [0, 0.1) is 0 Å². The van der Waals surface area contributed by atoms with Gasteiger partial charge in [-0.1, -0.05) is 0 Å². The average Bonchev–Trinajstić information content (AvgIpc) is 2.00. The zero-order chi connectivity index (χ0) is 12.3. The number of rotatable bonds is 6. The lowest BCUT2D eigenvalue weighted by Crippen LogP contribution is -1.94. The van der Waals surface area contributed by atoms with Gasteiger partial charge < -0.3 is 9.05 Å². The molecule has 15 heavy (non-hydrogen) atoms. The third-order valence-electron chi connectivity index (χ3n) is 1.26. The van der Waals surface area contributed by atoms with Crippen molar-refractivity contribution in [3.63, 3.8) is 0 Å². The predicted octanol–water partition coefficient (Wildman–Crippen LogP) is 2.78. The van der Waals surface area contributed by atoms with Gasteiger partial charge in [-0.05, 0) is 0 Å². The van der Waals surface area contributed by atoms with Crippen molar-refractivity contribution in [2.24, 2.45) is 0 Å². The molecule has 7 nitrogen and oxygen atoms in total. The van der Waals surface area contributed by atoms with Crippen molar-refractivity contribution in [1.82, 2.24) is 0 Å². The van der Waals surface area contributed by atoms with E-state index in [1.54, 1.807) is 0 Å². The molecule has 0 aromatic heterocycles. The van der Waals surface area contributed by atoms with E-state index in [0.29, 0.717) is 0 Å². The summed E-state index contributed by atoms with van der Waals surface area (Å²) in [6.45, 7) is 3.29. The van der Waals surface area contributed by atoms with Crippen molar-refractivity contribution in [2.75, 3.05) is 34.2 Å². The zero-order valence-corrected chi connectivity index (χ0v) is 11.9. The van der Waals surface area contributed by atoms with Gasteiger partial charge in [0.25, 0.3) is 0 Å². The molecule has 2 unspecified atom stereocenters. The largest absolute Gasteiger partial charge is 0.341 e. The molecule has 0 aliphatic carbocycles. The van der Waals surface area contributed by atoms with Gasteiger partial charge in [0.1, 0.15) is 0 Å². The molecule has 2 atom stereocenters. The molecular formula is C5H15O7P3. The van der Waals surface area contributed by atoms with Crippen LogP contribution in [0.4, 0.5) is 0 Å². The molecule has 0 spiro atoms. The molecule has 0 aromatic rings. The molecule has 0 N–H and O–H groups in total. The zero-order valence-electron chi connectivity index (χ0n) is 9.20. The summed E-state index contributed by atoms with van der Waals surface area (Å²) in [5, 5.41) is 0. The minimum atomic E-state index is -3.74. The van der Waals surface area contributed by atoms with Crippen molar-refractivity contribution >= 4 is 22.8 Å². The van der Waals surface area contributed by atoms with Crippen LogP contribution in [0.25, 0.3) is 0 Å². The SMILES string of the molecule is COP(C)(=O)OP(C)(=O)OP(C)(=O)OC. The third kappa shape index (κ3) is 6.64. The van der Waals surface area contributed by atoms with Crippen molar-refractivity contribution in [3.8, 4) is 0 Å². The highest BCUT2D eigenvalue weighted by Crippen LogP contribution is 2.67. The van der Waals surface area contributed by atoms with Gasteiger partial charge in [-0.15, -0.1) is 0 Å². The summed E-state index contributed by atoms with van der Waals surface area (Å²) < 4.78 is 52.5. The molecule has 92 valence electrons. The lowest BCUT2D eigenvalue weighted by molar-refractivity contribution is 0.286. The van der Waals surface area contributed by atoms with E-state index in [9.17, 15) is 13.7 Å². The molecule has 0 heterocycles. The van der Waals surface area contributed by atoms with Gasteiger partial charge in [0.2, 0.25) is 0 Å². The minimum Gasteiger partial charge on any atom is -0.312 e. The molecule has 0 saturated carbocycles. The molecule has 0 bridgehead atoms. The maximum absolute atomic E-state index is 11.6.